The number of nitrogens with one attached hydrogen (secondary N) is 1. The maximum Gasteiger partial charge on any atom is 0.123 e. The predicted molar refractivity (Wildman–Crippen MR) is 90.0 cm³/mol. The Labute approximate surface area is 130 Å². The highest BCUT2D eigenvalue weighted by atomic mass is 16.5. The van der Waals surface area contributed by atoms with Crippen LogP contribution in [0.25, 0.3) is 0 Å². The second-order valence-corrected chi connectivity index (χ2v) is 7.42. The van der Waals surface area contributed by atoms with Crippen LogP contribution in [0.1, 0.15) is 65.4 Å². The van der Waals surface area contributed by atoms with Crippen LogP contribution in [-0.2, 0) is 0 Å². The number of para-hydroxylation sites is 1. The normalized spacial score (nSPS) is 25.0. The first-order valence-electron chi connectivity index (χ1n) is 8.42. The molecule has 0 aromatic heterocycles. The van der Waals surface area contributed by atoms with Crippen LogP contribution in [-0.4, -0.2) is 18.7 Å². The van der Waals surface area contributed by atoms with Crippen molar-refractivity contribution in [3.8, 4) is 5.75 Å². The lowest BCUT2D eigenvalue weighted by Gasteiger charge is -2.41. The van der Waals surface area contributed by atoms with Gasteiger partial charge in [0, 0.05) is 6.04 Å². The van der Waals surface area contributed by atoms with Crippen molar-refractivity contribution < 1.29 is 4.74 Å². The van der Waals surface area contributed by atoms with E-state index in [2.05, 4.69) is 64.2 Å². The fourth-order valence-electron chi connectivity index (χ4n) is 3.37. The maximum absolute atomic E-state index is 6.49. The Balaban J connectivity index is 2.18. The lowest BCUT2D eigenvalue weighted by molar-refractivity contribution is 0.0528. The average Bonchev–Trinajstić information content (AvgIpc) is 2.42. The highest BCUT2D eigenvalue weighted by Gasteiger charge is 2.36. The molecule has 1 aliphatic rings. The molecule has 0 spiro atoms. The summed E-state index contributed by atoms with van der Waals surface area (Å²) in [4.78, 5) is 0. The monoisotopic (exact) mass is 289 g/mol. The van der Waals surface area contributed by atoms with Gasteiger partial charge in [-0.1, -0.05) is 52.8 Å². The Morgan fingerprint density at radius 3 is 2.67 bits per heavy atom. The minimum atomic E-state index is 0.272. The summed E-state index contributed by atoms with van der Waals surface area (Å²) in [6.45, 7) is 12.4. The standard InChI is InChI=1S/C19H31NO/c1-6-20-16-11-12-19(4,5)13-18(16)21-17-10-8-7-9-15(17)14(2)3/h7-10,14,16,18,20H,6,11-13H2,1-5H3. The fraction of sp³-hybridized carbons (Fsp3) is 0.684. The summed E-state index contributed by atoms with van der Waals surface area (Å²) < 4.78 is 6.49. The van der Waals surface area contributed by atoms with Crippen molar-refractivity contribution in [1.29, 1.82) is 0 Å². The highest BCUT2D eigenvalue weighted by Crippen LogP contribution is 2.38. The molecule has 2 atom stereocenters. The van der Waals surface area contributed by atoms with Gasteiger partial charge in [-0.2, -0.15) is 0 Å². The molecule has 2 unspecified atom stereocenters. The van der Waals surface area contributed by atoms with E-state index >= 15 is 0 Å². The molecule has 2 heteroatoms. The SMILES string of the molecule is CCNC1CCC(C)(C)CC1Oc1ccccc1C(C)C. The Hall–Kier alpha value is -1.02. The Bertz CT molecular complexity index is 453. The quantitative estimate of drug-likeness (QED) is 0.845. The van der Waals surface area contributed by atoms with Crippen molar-refractivity contribution in [3.63, 3.8) is 0 Å². The van der Waals surface area contributed by atoms with Crippen LogP contribution in [0, 0.1) is 5.41 Å². The largest absolute Gasteiger partial charge is 0.488 e. The molecule has 2 nitrogen and oxygen atoms in total. The van der Waals surface area contributed by atoms with Crippen LogP contribution in [0.15, 0.2) is 24.3 Å². The van der Waals surface area contributed by atoms with E-state index < -0.39 is 0 Å². The van der Waals surface area contributed by atoms with E-state index in [4.69, 9.17) is 4.74 Å². The summed E-state index contributed by atoms with van der Waals surface area (Å²) >= 11 is 0. The Morgan fingerprint density at radius 1 is 1.29 bits per heavy atom. The minimum absolute atomic E-state index is 0.272. The van der Waals surface area contributed by atoms with Crippen molar-refractivity contribution in [1.82, 2.24) is 5.32 Å². The first-order valence-corrected chi connectivity index (χ1v) is 8.42. The zero-order valence-corrected chi connectivity index (χ0v) is 14.3. The summed E-state index contributed by atoms with van der Waals surface area (Å²) in [5, 5.41) is 3.62. The van der Waals surface area contributed by atoms with Crippen molar-refractivity contribution in [2.75, 3.05) is 6.54 Å². The van der Waals surface area contributed by atoms with Crippen molar-refractivity contribution in [2.45, 2.75) is 71.9 Å². The van der Waals surface area contributed by atoms with Crippen molar-refractivity contribution >= 4 is 0 Å². The van der Waals surface area contributed by atoms with E-state index in [-0.39, 0.29) is 6.10 Å². The van der Waals surface area contributed by atoms with E-state index in [1.807, 2.05) is 0 Å². The third kappa shape index (κ3) is 4.23. The highest BCUT2D eigenvalue weighted by molar-refractivity contribution is 5.35. The van der Waals surface area contributed by atoms with Crippen LogP contribution < -0.4 is 10.1 Å². The second kappa shape index (κ2) is 6.83. The van der Waals surface area contributed by atoms with E-state index in [0.717, 1.165) is 18.7 Å². The van der Waals surface area contributed by atoms with Gasteiger partial charge in [-0.05, 0) is 48.8 Å². The van der Waals surface area contributed by atoms with Crippen molar-refractivity contribution in [3.05, 3.63) is 29.8 Å². The lowest BCUT2D eigenvalue weighted by atomic mass is 9.74. The smallest absolute Gasteiger partial charge is 0.123 e. The van der Waals surface area contributed by atoms with Gasteiger partial charge >= 0.3 is 0 Å². The zero-order valence-electron chi connectivity index (χ0n) is 14.3. The molecule has 1 aromatic carbocycles. The van der Waals surface area contributed by atoms with Gasteiger partial charge in [-0.25, -0.2) is 0 Å². The predicted octanol–water partition coefficient (Wildman–Crippen LogP) is 4.75. The van der Waals surface area contributed by atoms with Crippen LogP contribution in [0.4, 0.5) is 0 Å². The van der Waals surface area contributed by atoms with Gasteiger partial charge in [0.2, 0.25) is 0 Å². The molecule has 0 saturated heterocycles. The van der Waals surface area contributed by atoms with Crippen LogP contribution in [0.5, 0.6) is 5.75 Å². The van der Waals surface area contributed by atoms with Crippen LogP contribution >= 0.6 is 0 Å². The topological polar surface area (TPSA) is 21.3 Å². The molecule has 1 aromatic rings. The Morgan fingerprint density at radius 2 is 2.00 bits per heavy atom. The molecule has 118 valence electrons. The maximum atomic E-state index is 6.49. The molecule has 0 radical (unpaired) electrons. The summed E-state index contributed by atoms with van der Waals surface area (Å²) in [7, 11) is 0. The van der Waals surface area contributed by atoms with E-state index in [9.17, 15) is 0 Å². The third-order valence-electron chi connectivity index (χ3n) is 4.62. The molecule has 0 heterocycles. The number of likely N-dealkylation sites (N-methyl/N-ethyl adjacent to an activating group) is 1. The third-order valence-corrected chi connectivity index (χ3v) is 4.62. The van der Waals surface area contributed by atoms with Gasteiger partial charge in [0.15, 0.2) is 0 Å². The molecule has 2 rings (SSSR count). The minimum Gasteiger partial charge on any atom is -0.488 e. The number of hydrogen-bond donors (Lipinski definition) is 1. The first kappa shape index (κ1) is 16.4. The van der Waals surface area contributed by atoms with Crippen LogP contribution in [0.2, 0.25) is 0 Å². The summed E-state index contributed by atoms with van der Waals surface area (Å²) in [5.74, 6) is 1.56. The van der Waals surface area contributed by atoms with Crippen LogP contribution in [0.3, 0.4) is 0 Å². The number of hydrogen-bond acceptors (Lipinski definition) is 2. The van der Waals surface area contributed by atoms with E-state index in [1.165, 1.54) is 18.4 Å². The summed E-state index contributed by atoms with van der Waals surface area (Å²) in [6.07, 6.45) is 3.87. The molecule has 1 aliphatic carbocycles. The second-order valence-electron chi connectivity index (χ2n) is 7.42. The average molecular weight is 289 g/mol. The van der Waals surface area contributed by atoms with Crippen molar-refractivity contribution in [2.24, 2.45) is 5.41 Å². The van der Waals surface area contributed by atoms with Gasteiger partial charge in [0.25, 0.3) is 0 Å². The number of rotatable bonds is 5. The zero-order chi connectivity index (χ0) is 15.5. The molecular formula is C19H31NO. The molecule has 0 aliphatic heterocycles. The molecular weight excluding hydrogens is 258 g/mol. The molecule has 1 fully saturated rings. The number of benzene rings is 1. The lowest BCUT2D eigenvalue weighted by Crippen LogP contribution is -2.49. The molecule has 21 heavy (non-hydrogen) atoms. The molecule has 1 N–H and O–H groups in total. The van der Waals surface area contributed by atoms with Gasteiger partial charge in [0.1, 0.15) is 11.9 Å². The molecule has 0 bridgehead atoms. The van der Waals surface area contributed by atoms with E-state index in [1.54, 1.807) is 0 Å². The molecule has 1 saturated carbocycles. The summed E-state index contributed by atoms with van der Waals surface area (Å²) in [5.41, 5.74) is 1.69. The van der Waals surface area contributed by atoms with Gasteiger partial charge in [-0.3, -0.25) is 0 Å². The van der Waals surface area contributed by atoms with Gasteiger partial charge < -0.3 is 10.1 Å². The van der Waals surface area contributed by atoms with E-state index in [0.29, 0.717) is 17.4 Å². The summed E-state index contributed by atoms with van der Waals surface area (Å²) in [6, 6.07) is 8.98. The fourth-order valence-corrected chi connectivity index (χ4v) is 3.37. The van der Waals surface area contributed by atoms with Gasteiger partial charge in [-0.15, -0.1) is 0 Å². The first-order chi connectivity index (χ1) is 9.93. The Kier molecular flexibility index (Phi) is 5.32. The molecule has 0 amide bonds. The number of ether oxygens (including phenoxy) is 1. The van der Waals surface area contributed by atoms with Gasteiger partial charge in [0.05, 0.1) is 0 Å².